The Balaban J connectivity index is 2.08. The molecule has 1 amide bonds. The minimum absolute atomic E-state index is 0.104. The molecule has 0 aliphatic heterocycles. The van der Waals surface area contributed by atoms with Crippen LogP contribution in [0, 0.1) is 6.92 Å². The number of nitrogens with one attached hydrogen (secondary N) is 1. The molecule has 2 aromatic rings. The summed E-state index contributed by atoms with van der Waals surface area (Å²) in [6.45, 7) is 6.40. The van der Waals surface area contributed by atoms with Crippen molar-refractivity contribution in [3.63, 3.8) is 0 Å². The number of aryl methyl sites for hydroxylation is 1. The molecule has 22 heavy (non-hydrogen) atoms. The van der Waals surface area contributed by atoms with Crippen molar-refractivity contribution in [1.82, 2.24) is 5.32 Å². The zero-order chi connectivity index (χ0) is 16.1. The maximum Gasteiger partial charge on any atom is 0.255 e. The highest BCUT2D eigenvalue weighted by molar-refractivity contribution is 5.98. The first-order chi connectivity index (χ1) is 10.5. The topological polar surface area (TPSA) is 49.3 Å². The number of carbonyl (C=O) groups excluding carboxylic acids is 1. The third-order valence-corrected chi connectivity index (χ3v) is 3.81. The number of hydrogen-bond donors (Lipinski definition) is 2. The summed E-state index contributed by atoms with van der Waals surface area (Å²) in [7, 11) is 0. The summed E-state index contributed by atoms with van der Waals surface area (Å²) in [6, 6.07) is 13.8. The smallest absolute Gasteiger partial charge is 0.255 e. The molecule has 2 aromatic carbocycles. The number of phenolic OH excluding ortho intramolecular Hbond substituents is 1. The van der Waals surface area contributed by atoms with E-state index in [4.69, 9.17) is 0 Å². The van der Waals surface area contributed by atoms with Gasteiger partial charge in [-0.25, -0.2) is 0 Å². The SMILES string of the molecule is Cc1ccc(C(C)C)c(O)c1C(=O)NCCc1ccccc1. The van der Waals surface area contributed by atoms with Crippen LogP contribution in [0.1, 0.15) is 46.8 Å². The maximum atomic E-state index is 12.4. The minimum Gasteiger partial charge on any atom is -0.507 e. The number of phenols is 1. The predicted molar refractivity (Wildman–Crippen MR) is 89.4 cm³/mol. The fourth-order valence-corrected chi connectivity index (χ4v) is 2.51. The normalized spacial score (nSPS) is 10.7. The van der Waals surface area contributed by atoms with Crippen LogP contribution in [-0.4, -0.2) is 17.6 Å². The number of aromatic hydroxyl groups is 1. The molecule has 3 heteroatoms. The lowest BCUT2D eigenvalue weighted by Crippen LogP contribution is -2.26. The maximum absolute atomic E-state index is 12.4. The first kappa shape index (κ1) is 16.1. The van der Waals surface area contributed by atoms with Gasteiger partial charge < -0.3 is 10.4 Å². The summed E-state index contributed by atoms with van der Waals surface area (Å²) in [4.78, 5) is 12.4. The average Bonchev–Trinajstić information content (AvgIpc) is 2.48. The standard InChI is InChI=1S/C19H23NO2/c1-13(2)16-10-9-14(3)17(18(16)21)19(22)20-12-11-15-7-5-4-6-8-15/h4-10,13,21H,11-12H2,1-3H3,(H,20,22). The van der Waals surface area contributed by atoms with Gasteiger partial charge in [0.25, 0.3) is 5.91 Å². The van der Waals surface area contributed by atoms with Crippen LogP contribution < -0.4 is 5.32 Å². The Labute approximate surface area is 132 Å². The summed E-state index contributed by atoms with van der Waals surface area (Å²) in [5.74, 6) is 0.0668. The highest BCUT2D eigenvalue weighted by Gasteiger charge is 2.18. The second-order valence-corrected chi connectivity index (χ2v) is 5.84. The lowest BCUT2D eigenvalue weighted by molar-refractivity contribution is 0.0950. The Kier molecular flexibility index (Phi) is 5.21. The van der Waals surface area contributed by atoms with E-state index in [2.05, 4.69) is 5.32 Å². The van der Waals surface area contributed by atoms with Gasteiger partial charge in [-0.05, 0) is 36.0 Å². The molecule has 0 unspecified atom stereocenters. The number of hydrogen-bond acceptors (Lipinski definition) is 2. The fourth-order valence-electron chi connectivity index (χ4n) is 2.51. The van der Waals surface area contributed by atoms with Crippen LogP contribution in [0.3, 0.4) is 0 Å². The van der Waals surface area contributed by atoms with Crippen LogP contribution in [0.25, 0.3) is 0 Å². The van der Waals surface area contributed by atoms with E-state index < -0.39 is 0 Å². The molecule has 0 radical (unpaired) electrons. The van der Waals surface area contributed by atoms with E-state index in [1.54, 1.807) is 0 Å². The summed E-state index contributed by atoms with van der Waals surface area (Å²) in [5, 5.41) is 13.3. The Morgan fingerprint density at radius 2 is 1.82 bits per heavy atom. The first-order valence-electron chi connectivity index (χ1n) is 7.65. The summed E-state index contributed by atoms with van der Waals surface area (Å²) in [6.07, 6.45) is 0.774. The first-order valence-corrected chi connectivity index (χ1v) is 7.65. The van der Waals surface area contributed by atoms with Gasteiger partial charge >= 0.3 is 0 Å². The molecule has 0 saturated heterocycles. The highest BCUT2D eigenvalue weighted by atomic mass is 16.3. The van der Waals surface area contributed by atoms with Crippen molar-refractivity contribution in [3.8, 4) is 5.75 Å². The van der Waals surface area contributed by atoms with Crippen LogP contribution in [0.5, 0.6) is 5.75 Å². The van der Waals surface area contributed by atoms with Gasteiger partial charge in [0.2, 0.25) is 0 Å². The van der Waals surface area contributed by atoms with E-state index >= 15 is 0 Å². The summed E-state index contributed by atoms with van der Waals surface area (Å²) in [5.41, 5.74) is 3.16. The molecule has 0 heterocycles. The zero-order valence-electron chi connectivity index (χ0n) is 13.4. The van der Waals surface area contributed by atoms with E-state index in [-0.39, 0.29) is 17.6 Å². The van der Waals surface area contributed by atoms with Crippen molar-refractivity contribution < 1.29 is 9.90 Å². The van der Waals surface area contributed by atoms with Gasteiger partial charge in [0.1, 0.15) is 5.75 Å². The van der Waals surface area contributed by atoms with Crippen molar-refractivity contribution >= 4 is 5.91 Å². The van der Waals surface area contributed by atoms with Gasteiger partial charge in [-0.3, -0.25) is 4.79 Å². The molecule has 2 N–H and O–H groups in total. The predicted octanol–water partition coefficient (Wildman–Crippen LogP) is 3.80. The third-order valence-electron chi connectivity index (χ3n) is 3.81. The Bertz CT molecular complexity index is 648. The molecule has 0 bridgehead atoms. The molecule has 3 nitrogen and oxygen atoms in total. The van der Waals surface area contributed by atoms with Crippen molar-refractivity contribution in [1.29, 1.82) is 0 Å². The van der Waals surface area contributed by atoms with Crippen LogP contribution >= 0.6 is 0 Å². The Morgan fingerprint density at radius 3 is 2.45 bits per heavy atom. The van der Waals surface area contributed by atoms with Crippen LogP contribution in [-0.2, 0) is 6.42 Å². The summed E-state index contributed by atoms with van der Waals surface area (Å²) >= 11 is 0. The molecule has 0 atom stereocenters. The molecule has 2 rings (SSSR count). The number of amides is 1. The van der Waals surface area contributed by atoms with Crippen molar-refractivity contribution in [2.75, 3.05) is 6.54 Å². The lowest BCUT2D eigenvalue weighted by atomic mass is 9.95. The summed E-state index contributed by atoms with van der Waals surface area (Å²) < 4.78 is 0. The molecule has 0 aliphatic rings. The molecule has 0 saturated carbocycles. The van der Waals surface area contributed by atoms with Gasteiger partial charge in [-0.15, -0.1) is 0 Å². The lowest BCUT2D eigenvalue weighted by Gasteiger charge is -2.15. The van der Waals surface area contributed by atoms with E-state index in [0.29, 0.717) is 12.1 Å². The van der Waals surface area contributed by atoms with E-state index in [9.17, 15) is 9.90 Å². The molecular weight excluding hydrogens is 274 g/mol. The van der Waals surface area contributed by atoms with E-state index in [1.165, 1.54) is 5.56 Å². The van der Waals surface area contributed by atoms with Crippen LogP contribution in [0.2, 0.25) is 0 Å². The number of rotatable bonds is 5. The van der Waals surface area contributed by atoms with Gasteiger partial charge in [0, 0.05) is 6.54 Å². The average molecular weight is 297 g/mol. The number of carbonyl (C=O) groups is 1. The molecular formula is C19H23NO2. The minimum atomic E-state index is -0.214. The third kappa shape index (κ3) is 3.67. The number of benzene rings is 2. The highest BCUT2D eigenvalue weighted by Crippen LogP contribution is 2.31. The zero-order valence-corrected chi connectivity index (χ0v) is 13.4. The van der Waals surface area contributed by atoms with Gasteiger partial charge in [-0.2, -0.15) is 0 Å². The van der Waals surface area contributed by atoms with Crippen LogP contribution in [0.4, 0.5) is 0 Å². The second-order valence-electron chi connectivity index (χ2n) is 5.84. The van der Waals surface area contributed by atoms with E-state index in [0.717, 1.165) is 17.5 Å². The molecule has 0 aliphatic carbocycles. The Hall–Kier alpha value is -2.29. The molecule has 116 valence electrons. The molecule has 0 spiro atoms. The second kappa shape index (κ2) is 7.12. The Morgan fingerprint density at radius 1 is 1.14 bits per heavy atom. The molecule has 0 aromatic heterocycles. The molecule has 0 fully saturated rings. The van der Waals surface area contributed by atoms with Crippen molar-refractivity contribution in [2.45, 2.75) is 33.1 Å². The van der Waals surface area contributed by atoms with Crippen molar-refractivity contribution in [3.05, 3.63) is 64.7 Å². The van der Waals surface area contributed by atoms with Gasteiger partial charge in [0.15, 0.2) is 0 Å². The van der Waals surface area contributed by atoms with E-state index in [1.807, 2.05) is 63.2 Å². The van der Waals surface area contributed by atoms with Crippen molar-refractivity contribution in [2.24, 2.45) is 0 Å². The van der Waals surface area contributed by atoms with Gasteiger partial charge in [0.05, 0.1) is 5.56 Å². The largest absolute Gasteiger partial charge is 0.507 e. The van der Waals surface area contributed by atoms with Gasteiger partial charge in [-0.1, -0.05) is 56.3 Å². The quantitative estimate of drug-likeness (QED) is 0.882. The fraction of sp³-hybridized carbons (Fsp3) is 0.316. The monoisotopic (exact) mass is 297 g/mol. The van der Waals surface area contributed by atoms with Crippen LogP contribution in [0.15, 0.2) is 42.5 Å².